The van der Waals surface area contributed by atoms with E-state index in [1.165, 1.54) is 16.8 Å². The lowest BCUT2D eigenvalue weighted by Gasteiger charge is -2.20. The van der Waals surface area contributed by atoms with Gasteiger partial charge in [-0.15, -0.1) is 0 Å². The average molecular weight is 264 g/mol. The van der Waals surface area contributed by atoms with Crippen molar-refractivity contribution >= 4 is 11.9 Å². The summed E-state index contributed by atoms with van der Waals surface area (Å²) in [6.45, 7) is 6.60. The zero-order chi connectivity index (χ0) is 14.1. The van der Waals surface area contributed by atoms with Gasteiger partial charge in [-0.3, -0.25) is 5.01 Å². The molecule has 1 heterocycles. The lowest BCUT2D eigenvalue weighted by atomic mass is 9.99. The third-order valence-electron chi connectivity index (χ3n) is 4.19. The second kappa shape index (κ2) is 5.12. The smallest absolute Gasteiger partial charge is 0.0632 e. The third-order valence-corrected chi connectivity index (χ3v) is 4.19. The van der Waals surface area contributed by atoms with E-state index in [0.29, 0.717) is 12.0 Å². The van der Waals surface area contributed by atoms with E-state index < -0.39 is 0 Å². The summed E-state index contributed by atoms with van der Waals surface area (Å²) in [5.41, 5.74) is 5.03. The Labute approximate surface area is 120 Å². The summed E-state index contributed by atoms with van der Waals surface area (Å²) in [6.07, 6.45) is 1.95. The van der Waals surface area contributed by atoms with Crippen LogP contribution in [0.3, 0.4) is 0 Å². The zero-order valence-corrected chi connectivity index (χ0v) is 12.2. The molecule has 0 N–H and O–H groups in total. The quantitative estimate of drug-likeness (QED) is 0.737. The number of anilines is 1. The molecule has 2 nitrogen and oxygen atoms in total. The number of hydrogen-bond acceptors (Lipinski definition) is 2. The van der Waals surface area contributed by atoms with Crippen molar-refractivity contribution in [3.8, 4) is 0 Å². The highest BCUT2D eigenvalue weighted by Gasteiger charge is 2.31. The molecule has 1 aliphatic rings. The second-order valence-corrected chi connectivity index (χ2v) is 5.59. The fraction of sp³-hybridized carbons (Fsp3) is 0.278. The molecule has 2 unspecified atom stereocenters. The molecule has 2 heteroatoms. The molecule has 2 aromatic carbocycles. The minimum Gasteiger partial charge on any atom is -0.262 e. The molecular formula is C18H20N2. The zero-order valence-electron chi connectivity index (χ0n) is 12.2. The first kappa shape index (κ1) is 12.9. The van der Waals surface area contributed by atoms with Crippen molar-refractivity contribution in [1.29, 1.82) is 0 Å². The summed E-state index contributed by atoms with van der Waals surface area (Å²) >= 11 is 0. The molecule has 0 radical (unpaired) electrons. The van der Waals surface area contributed by atoms with Gasteiger partial charge in [0.25, 0.3) is 0 Å². The van der Waals surface area contributed by atoms with Crippen LogP contribution >= 0.6 is 0 Å². The van der Waals surface area contributed by atoms with Crippen molar-refractivity contribution in [1.82, 2.24) is 0 Å². The molecular weight excluding hydrogens is 244 g/mol. The van der Waals surface area contributed by atoms with E-state index in [1.807, 2.05) is 6.21 Å². The van der Waals surface area contributed by atoms with Crippen LogP contribution in [-0.2, 0) is 0 Å². The van der Waals surface area contributed by atoms with E-state index in [-0.39, 0.29) is 0 Å². The van der Waals surface area contributed by atoms with Crippen molar-refractivity contribution in [3.63, 3.8) is 0 Å². The molecule has 0 aromatic heterocycles. The third kappa shape index (κ3) is 2.22. The number of benzene rings is 2. The fourth-order valence-corrected chi connectivity index (χ4v) is 2.72. The van der Waals surface area contributed by atoms with Crippen LogP contribution in [-0.4, -0.2) is 12.3 Å². The Bertz CT molecular complexity index is 628. The summed E-state index contributed by atoms with van der Waals surface area (Å²) in [5, 5.41) is 6.84. The Morgan fingerprint density at radius 1 is 1.00 bits per heavy atom. The molecule has 0 aliphatic carbocycles. The van der Waals surface area contributed by atoms with Crippen LogP contribution in [0.25, 0.3) is 0 Å². The molecule has 102 valence electrons. The van der Waals surface area contributed by atoms with Gasteiger partial charge in [-0.1, -0.05) is 55.0 Å². The molecule has 0 fully saturated rings. The molecule has 0 saturated heterocycles. The first-order valence-corrected chi connectivity index (χ1v) is 7.15. The van der Waals surface area contributed by atoms with E-state index in [0.717, 1.165) is 5.56 Å². The molecule has 20 heavy (non-hydrogen) atoms. The Kier molecular flexibility index (Phi) is 3.31. The highest BCUT2D eigenvalue weighted by atomic mass is 15.5. The number of hydrogen-bond donors (Lipinski definition) is 0. The SMILES string of the molecule is Cc1ccc(/C=N/N2c3ccccc3C(C)C2C)cc1. The van der Waals surface area contributed by atoms with Crippen LogP contribution in [0.5, 0.6) is 0 Å². The highest BCUT2D eigenvalue weighted by Crippen LogP contribution is 2.40. The van der Waals surface area contributed by atoms with Gasteiger partial charge in [0.1, 0.15) is 0 Å². The van der Waals surface area contributed by atoms with Gasteiger partial charge < -0.3 is 0 Å². The Hall–Kier alpha value is -2.09. The van der Waals surface area contributed by atoms with Gasteiger partial charge in [-0.25, -0.2) is 0 Å². The number of para-hydroxylation sites is 1. The van der Waals surface area contributed by atoms with Crippen molar-refractivity contribution in [2.45, 2.75) is 32.7 Å². The molecule has 3 rings (SSSR count). The van der Waals surface area contributed by atoms with E-state index in [1.54, 1.807) is 0 Å². The highest BCUT2D eigenvalue weighted by molar-refractivity contribution is 5.81. The summed E-state index contributed by atoms with van der Waals surface area (Å²) in [4.78, 5) is 0. The number of hydrazone groups is 1. The molecule has 2 atom stereocenters. The number of rotatable bonds is 2. The molecule has 2 aromatic rings. The predicted molar refractivity (Wildman–Crippen MR) is 85.6 cm³/mol. The van der Waals surface area contributed by atoms with E-state index >= 15 is 0 Å². The second-order valence-electron chi connectivity index (χ2n) is 5.59. The van der Waals surface area contributed by atoms with Crippen molar-refractivity contribution in [3.05, 3.63) is 65.2 Å². The minimum atomic E-state index is 0.397. The van der Waals surface area contributed by atoms with E-state index in [4.69, 9.17) is 5.10 Å². The van der Waals surface area contributed by atoms with Crippen molar-refractivity contribution in [2.75, 3.05) is 5.01 Å². The lowest BCUT2D eigenvalue weighted by molar-refractivity contribution is 0.607. The topological polar surface area (TPSA) is 15.6 Å². The summed E-state index contributed by atoms with van der Waals surface area (Å²) in [6, 6.07) is 17.4. The summed E-state index contributed by atoms with van der Waals surface area (Å²) < 4.78 is 0. The van der Waals surface area contributed by atoms with Gasteiger partial charge >= 0.3 is 0 Å². The molecule has 0 spiro atoms. The van der Waals surface area contributed by atoms with Crippen LogP contribution in [0.2, 0.25) is 0 Å². The Balaban J connectivity index is 1.89. The maximum absolute atomic E-state index is 4.70. The fourth-order valence-electron chi connectivity index (χ4n) is 2.72. The van der Waals surface area contributed by atoms with Crippen molar-refractivity contribution < 1.29 is 0 Å². The van der Waals surface area contributed by atoms with Crippen LogP contribution < -0.4 is 5.01 Å². The largest absolute Gasteiger partial charge is 0.262 e. The van der Waals surface area contributed by atoms with Crippen LogP contribution in [0, 0.1) is 6.92 Å². The maximum Gasteiger partial charge on any atom is 0.0632 e. The van der Waals surface area contributed by atoms with Crippen LogP contribution in [0.1, 0.15) is 36.5 Å². The van der Waals surface area contributed by atoms with Gasteiger partial charge in [-0.2, -0.15) is 5.10 Å². The van der Waals surface area contributed by atoms with Gasteiger partial charge in [0.15, 0.2) is 0 Å². The standard InChI is InChI=1S/C18H20N2/c1-13-8-10-16(11-9-13)12-19-20-15(3)14(2)17-6-4-5-7-18(17)20/h4-12,14-15H,1-3H3/b19-12+. The van der Waals surface area contributed by atoms with Gasteiger partial charge in [0, 0.05) is 5.92 Å². The maximum atomic E-state index is 4.70. The molecule has 0 bridgehead atoms. The summed E-state index contributed by atoms with van der Waals surface area (Å²) in [5.74, 6) is 0.515. The summed E-state index contributed by atoms with van der Waals surface area (Å²) in [7, 11) is 0. The Morgan fingerprint density at radius 3 is 2.45 bits per heavy atom. The monoisotopic (exact) mass is 264 g/mol. The van der Waals surface area contributed by atoms with Crippen LogP contribution in [0.15, 0.2) is 53.6 Å². The minimum absolute atomic E-state index is 0.397. The predicted octanol–water partition coefficient (Wildman–Crippen LogP) is 4.34. The molecule has 0 saturated carbocycles. The molecule has 1 aliphatic heterocycles. The van der Waals surface area contributed by atoms with Gasteiger partial charge in [0.2, 0.25) is 0 Å². The Morgan fingerprint density at radius 2 is 1.70 bits per heavy atom. The van der Waals surface area contributed by atoms with Crippen molar-refractivity contribution in [2.24, 2.45) is 5.10 Å². The number of fused-ring (bicyclic) bond motifs is 1. The van der Waals surface area contributed by atoms with E-state index in [9.17, 15) is 0 Å². The number of aryl methyl sites for hydroxylation is 1. The first-order valence-electron chi connectivity index (χ1n) is 7.15. The number of nitrogens with zero attached hydrogens (tertiary/aromatic N) is 2. The van der Waals surface area contributed by atoms with Crippen LogP contribution in [0.4, 0.5) is 5.69 Å². The molecule has 0 amide bonds. The van der Waals surface area contributed by atoms with Gasteiger partial charge in [-0.05, 0) is 31.0 Å². The van der Waals surface area contributed by atoms with E-state index in [2.05, 4.69) is 74.3 Å². The van der Waals surface area contributed by atoms with Gasteiger partial charge in [0.05, 0.1) is 17.9 Å². The average Bonchev–Trinajstić information content (AvgIpc) is 2.71. The lowest BCUT2D eigenvalue weighted by Crippen LogP contribution is -2.25. The normalized spacial score (nSPS) is 21.4. The first-order chi connectivity index (χ1) is 9.66.